The second kappa shape index (κ2) is 18.1. The van der Waals surface area contributed by atoms with Gasteiger partial charge >= 0.3 is 0 Å². The fourth-order valence-corrected chi connectivity index (χ4v) is 15.2. The Hall–Kier alpha value is -10.9. The molecule has 0 fully saturated rings. The highest BCUT2D eigenvalue weighted by molar-refractivity contribution is 6.27. The van der Waals surface area contributed by atoms with Crippen LogP contribution in [0.3, 0.4) is 0 Å². The van der Waals surface area contributed by atoms with Gasteiger partial charge in [-0.05, 0) is 196 Å². The third-order valence-electron chi connectivity index (χ3n) is 18.8. The van der Waals surface area contributed by atoms with E-state index in [1.165, 1.54) is 136 Å². The zero-order chi connectivity index (χ0) is 56.2. The molecule has 3 nitrogen and oxygen atoms in total. The summed E-state index contributed by atoms with van der Waals surface area (Å²) in [5.41, 5.74) is 21.9. The van der Waals surface area contributed by atoms with Gasteiger partial charge in [-0.15, -0.1) is 0 Å². The number of hydrogen-bond acceptors (Lipinski definition) is 1. The molecule has 18 aromatic rings. The van der Waals surface area contributed by atoms with Crippen LogP contribution in [0.1, 0.15) is 17.0 Å². The summed E-state index contributed by atoms with van der Waals surface area (Å²) in [5, 5.41) is 20.4. The van der Waals surface area contributed by atoms with Crippen molar-refractivity contribution in [2.75, 3.05) is 0 Å². The van der Waals surface area contributed by atoms with E-state index in [4.69, 9.17) is 4.98 Å². The Kier molecular flexibility index (Phi) is 10.1. The van der Waals surface area contributed by atoms with E-state index in [0.717, 1.165) is 56.1 Å². The minimum atomic E-state index is 1.02. The monoisotopic (exact) mass is 1080 g/mol. The summed E-state index contributed by atoms with van der Waals surface area (Å²) >= 11 is 0. The van der Waals surface area contributed by atoms with Crippen molar-refractivity contribution in [1.29, 1.82) is 0 Å². The first-order valence-electron chi connectivity index (χ1n) is 29.6. The number of aryl methyl sites for hydroxylation is 2. The van der Waals surface area contributed by atoms with Gasteiger partial charge in [-0.2, -0.15) is 0 Å². The van der Waals surface area contributed by atoms with E-state index in [1.807, 2.05) is 0 Å². The summed E-state index contributed by atoms with van der Waals surface area (Å²) in [5.74, 6) is 0. The molecule has 0 amide bonds. The molecule has 0 spiro atoms. The molecule has 3 aromatic heterocycles. The quantitative estimate of drug-likeness (QED) is 0.146. The van der Waals surface area contributed by atoms with Gasteiger partial charge in [0.15, 0.2) is 0 Å². The molecule has 0 bridgehead atoms. The first-order valence-corrected chi connectivity index (χ1v) is 29.6. The maximum absolute atomic E-state index is 5.46. The molecular weight excluding hydrogens is 1030 g/mol. The van der Waals surface area contributed by atoms with E-state index in [2.05, 4.69) is 297 Å². The molecule has 0 atom stereocenters. The lowest BCUT2D eigenvalue weighted by Gasteiger charge is -2.21. The maximum Gasteiger partial charge on any atom is 0.0541 e. The molecule has 3 heteroatoms. The van der Waals surface area contributed by atoms with Crippen LogP contribution in [0, 0.1) is 20.8 Å². The molecule has 0 aliphatic heterocycles. The van der Waals surface area contributed by atoms with Crippen molar-refractivity contribution >= 4 is 108 Å². The molecule has 15 aromatic carbocycles. The largest absolute Gasteiger partial charge is 0.309 e. The number of pyridine rings is 1. The summed E-state index contributed by atoms with van der Waals surface area (Å²) < 4.78 is 4.89. The lowest BCUT2D eigenvalue weighted by Crippen LogP contribution is -2.01. The number of hydrogen-bond donors (Lipinski definition) is 0. The van der Waals surface area contributed by atoms with Crippen LogP contribution in [0.4, 0.5) is 0 Å². The normalized spacial score (nSPS) is 12.2. The van der Waals surface area contributed by atoms with Crippen molar-refractivity contribution in [3.63, 3.8) is 0 Å². The van der Waals surface area contributed by atoms with Gasteiger partial charge in [-0.3, -0.25) is 4.98 Å². The van der Waals surface area contributed by atoms with Crippen LogP contribution in [0.25, 0.3) is 175 Å². The van der Waals surface area contributed by atoms with Gasteiger partial charge in [0.05, 0.1) is 22.1 Å². The zero-order valence-electron chi connectivity index (χ0n) is 47.2. The van der Waals surface area contributed by atoms with Crippen LogP contribution < -0.4 is 0 Å². The van der Waals surface area contributed by atoms with Gasteiger partial charge < -0.3 is 9.13 Å². The van der Waals surface area contributed by atoms with Gasteiger partial charge in [0.25, 0.3) is 0 Å². The Morgan fingerprint density at radius 2 is 0.600 bits per heavy atom. The van der Waals surface area contributed by atoms with Crippen molar-refractivity contribution in [3.05, 3.63) is 284 Å². The number of rotatable bonds is 7. The zero-order valence-corrected chi connectivity index (χ0v) is 47.2. The molecule has 396 valence electrons. The molecule has 0 radical (unpaired) electrons. The SMILES string of the molecule is Cc1nc(C)c(-c2cc(-c3ccc4ccc5cccc6ccc3c4c56)cc(-c3ccc4ccc5cccc6ccc3c4c56)c2)c(C)c1-c1ccc(-c2cc(-n3c4ccccc4c4ccccc43)cc(-n3c4ccccc4c4ccccc43)c2)cc1. The first-order chi connectivity index (χ1) is 41.9. The molecule has 18 rings (SSSR count). The third kappa shape index (κ3) is 7.05. The number of nitrogens with zero attached hydrogens (tertiary/aromatic N) is 3. The molecule has 0 saturated carbocycles. The van der Waals surface area contributed by atoms with E-state index in [1.54, 1.807) is 0 Å². The average Bonchev–Trinajstić information content (AvgIpc) is 3.38. The van der Waals surface area contributed by atoms with E-state index in [9.17, 15) is 0 Å². The van der Waals surface area contributed by atoms with Gasteiger partial charge in [0, 0.05) is 55.4 Å². The van der Waals surface area contributed by atoms with Crippen molar-refractivity contribution < 1.29 is 0 Å². The third-order valence-corrected chi connectivity index (χ3v) is 18.8. The number of para-hydroxylation sites is 4. The van der Waals surface area contributed by atoms with Gasteiger partial charge in [-0.25, -0.2) is 0 Å². The van der Waals surface area contributed by atoms with Crippen LogP contribution in [0.15, 0.2) is 267 Å². The second-order valence-corrected chi connectivity index (χ2v) is 23.4. The highest BCUT2D eigenvalue weighted by Crippen LogP contribution is 2.47. The molecule has 0 aliphatic rings. The molecule has 0 aliphatic carbocycles. The summed E-state index contributed by atoms with van der Waals surface area (Å²) in [6.07, 6.45) is 0. The Morgan fingerprint density at radius 3 is 1.04 bits per heavy atom. The Balaban J connectivity index is 0.822. The van der Waals surface area contributed by atoms with Crippen LogP contribution in [0.5, 0.6) is 0 Å². The number of benzene rings is 15. The minimum Gasteiger partial charge on any atom is -0.309 e. The van der Waals surface area contributed by atoms with Gasteiger partial charge in [-0.1, -0.05) is 206 Å². The van der Waals surface area contributed by atoms with Crippen LogP contribution in [0.2, 0.25) is 0 Å². The van der Waals surface area contributed by atoms with E-state index in [0.29, 0.717) is 0 Å². The van der Waals surface area contributed by atoms with Crippen molar-refractivity contribution in [2.24, 2.45) is 0 Å². The number of fused-ring (bicyclic) bond motifs is 6. The smallest absolute Gasteiger partial charge is 0.0541 e. The minimum absolute atomic E-state index is 1.02. The highest BCUT2D eigenvalue weighted by Gasteiger charge is 2.23. The number of aromatic nitrogens is 3. The lowest BCUT2D eigenvalue weighted by molar-refractivity contribution is 1.11. The molecule has 85 heavy (non-hydrogen) atoms. The summed E-state index contributed by atoms with van der Waals surface area (Å²) in [7, 11) is 0. The van der Waals surface area contributed by atoms with E-state index >= 15 is 0 Å². The molecule has 0 N–H and O–H groups in total. The standard InChI is InChI=1S/C82H53N3/c1-48-77(56-28-26-51(27-29-56)59-45-63(84-73-22-8-4-18-67(73)68-19-5-9-23-74(68)84)47-64(46-59)85-75-24-10-6-20-69(75)70-21-7-11-25-76(70)85)49(2)83-50(3)78(48)62-43-60(65-38-34-57-32-30-52-14-12-16-54-36-40-71(65)81(57)79(52)54)42-61(44-62)66-39-35-58-33-31-53-15-13-17-55-37-41-72(66)82(58)80(53)55/h4-47H,1-3H3. The summed E-state index contributed by atoms with van der Waals surface area (Å²) in [4.78, 5) is 5.46. The molecule has 3 heterocycles. The summed E-state index contributed by atoms with van der Waals surface area (Å²) in [6.45, 7) is 6.68. The second-order valence-electron chi connectivity index (χ2n) is 23.4. The molecule has 0 unspecified atom stereocenters. The van der Waals surface area contributed by atoms with Crippen molar-refractivity contribution in [2.45, 2.75) is 20.8 Å². The average molecular weight is 1080 g/mol. The lowest BCUT2D eigenvalue weighted by atomic mass is 9.84. The molecule has 0 saturated heterocycles. The fourth-order valence-electron chi connectivity index (χ4n) is 15.2. The Bertz CT molecular complexity index is 5380. The maximum atomic E-state index is 5.46. The van der Waals surface area contributed by atoms with Crippen LogP contribution >= 0.6 is 0 Å². The highest BCUT2D eigenvalue weighted by atomic mass is 15.0. The summed E-state index contributed by atoms with van der Waals surface area (Å²) in [6, 6.07) is 100.0. The topological polar surface area (TPSA) is 22.8 Å². The Morgan fingerprint density at radius 1 is 0.247 bits per heavy atom. The van der Waals surface area contributed by atoms with Gasteiger partial charge in [0.2, 0.25) is 0 Å². The van der Waals surface area contributed by atoms with Crippen LogP contribution in [-0.2, 0) is 0 Å². The van der Waals surface area contributed by atoms with E-state index in [-0.39, 0.29) is 0 Å². The molecular formula is C82H53N3. The van der Waals surface area contributed by atoms with E-state index < -0.39 is 0 Å². The van der Waals surface area contributed by atoms with Gasteiger partial charge in [0.1, 0.15) is 0 Å². The predicted octanol–water partition coefficient (Wildman–Crippen LogP) is 22.3. The van der Waals surface area contributed by atoms with Crippen molar-refractivity contribution in [3.8, 4) is 67.0 Å². The van der Waals surface area contributed by atoms with Crippen molar-refractivity contribution in [1.82, 2.24) is 14.1 Å². The fraction of sp³-hybridized carbons (Fsp3) is 0.0366. The Labute approximate surface area is 491 Å². The predicted molar refractivity (Wildman–Crippen MR) is 362 cm³/mol. The van der Waals surface area contributed by atoms with Crippen LogP contribution in [-0.4, -0.2) is 14.1 Å². The first kappa shape index (κ1) is 47.7.